The molecule has 120 valence electrons. The lowest BCUT2D eigenvalue weighted by Gasteiger charge is -2.31. The summed E-state index contributed by atoms with van der Waals surface area (Å²) < 4.78 is 10.6. The van der Waals surface area contributed by atoms with Crippen molar-refractivity contribution >= 4 is 0 Å². The topological polar surface area (TPSA) is 30.5 Å². The first kappa shape index (κ1) is 18.0. The smallest absolute Gasteiger partial charge is 0.124 e. The van der Waals surface area contributed by atoms with Crippen LogP contribution >= 0.6 is 0 Å². The molecule has 21 heavy (non-hydrogen) atoms. The van der Waals surface area contributed by atoms with Crippen LogP contribution in [-0.4, -0.2) is 20.8 Å². The van der Waals surface area contributed by atoms with Gasteiger partial charge in [0.25, 0.3) is 0 Å². The fraction of sp³-hybridized carbons (Fsp3) is 0.667. The average Bonchev–Trinajstić information content (AvgIpc) is 2.45. The fourth-order valence-electron chi connectivity index (χ4n) is 2.07. The van der Waals surface area contributed by atoms with Crippen molar-refractivity contribution in [2.45, 2.75) is 47.3 Å². The molecule has 1 aromatic rings. The van der Waals surface area contributed by atoms with Crippen LogP contribution in [0.2, 0.25) is 0 Å². The number of hydrogen-bond acceptors (Lipinski definition) is 3. The Bertz CT molecular complexity index is 441. The van der Waals surface area contributed by atoms with Crippen molar-refractivity contribution in [2.75, 3.05) is 20.8 Å². The van der Waals surface area contributed by atoms with E-state index in [1.54, 1.807) is 14.2 Å². The summed E-state index contributed by atoms with van der Waals surface area (Å²) in [4.78, 5) is 0. The zero-order valence-corrected chi connectivity index (χ0v) is 14.6. The van der Waals surface area contributed by atoms with Crippen LogP contribution in [0.5, 0.6) is 5.75 Å². The molecule has 0 saturated heterocycles. The van der Waals surface area contributed by atoms with Crippen molar-refractivity contribution in [3.05, 3.63) is 29.3 Å². The Balaban J connectivity index is 2.78. The van der Waals surface area contributed by atoms with Gasteiger partial charge in [0.1, 0.15) is 5.75 Å². The number of methoxy groups -OCH3 is 2. The zero-order valence-electron chi connectivity index (χ0n) is 14.6. The van der Waals surface area contributed by atoms with Gasteiger partial charge in [-0.15, -0.1) is 0 Å². The van der Waals surface area contributed by atoms with Crippen molar-refractivity contribution < 1.29 is 9.47 Å². The molecule has 1 atom stereocenters. The molecular weight excluding hydrogens is 262 g/mol. The highest BCUT2D eigenvalue weighted by atomic mass is 16.5. The maximum absolute atomic E-state index is 5.38. The zero-order chi connectivity index (χ0) is 16.0. The van der Waals surface area contributed by atoms with Crippen LogP contribution in [0.25, 0.3) is 0 Å². The Kier molecular flexibility index (Phi) is 6.69. The summed E-state index contributed by atoms with van der Waals surface area (Å²) in [6.45, 7) is 12.9. The highest BCUT2D eigenvalue weighted by Crippen LogP contribution is 2.27. The van der Waals surface area contributed by atoms with Gasteiger partial charge in [0, 0.05) is 25.3 Å². The molecule has 0 saturated carbocycles. The number of benzene rings is 1. The lowest BCUT2D eigenvalue weighted by Crippen LogP contribution is -2.34. The first-order chi connectivity index (χ1) is 9.81. The average molecular weight is 293 g/mol. The number of ether oxygens (including phenoxy) is 2. The summed E-state index contributed by atoms with van der Waals surface area (Å²) in [6.07, 6.45) is 0. The second kappa shape index (κ2) is 7.81. The van der Waals surface area contributed by atoms with Crippen LogP contribution in [0, 0.1) is 11.3 Å². The van der Waals surface area contributed by atoms with E-state index in [0.717, 1.165) is 17.9 Å². The monoisotopic (exact) mass is 293 g/mol. The van der Waals surface area contributed by atoms with E-state index in [-0.39, 0.29) is 5.41 Å². The van der Waals surface area contributed by atoms with E-state index in [9.17, 15) is 0 Å². The van der Waals surface area contributed by atoms with Crippen LogP contribution < -0.4 is 10.1 Å². The van der Waals surface area contributed by atoms with Gasteiger partial charge in [-0.25, -0.2) is 0 Å². The third-order valence-electron chi connectivity index (χ3n) is 4.53. The molecule has 3 heteroatoms. The second-order valence-electron chi connectivity index (χ2n) is 6.75. The molecular formula is C18H31NO2. The van der Waals surface area contributed by atoms with Crippen molar-refractivity contribution in [1.82, 2.24) is 5.32 Å². The van der Waals surface area contributed by atoms with Gasteiger partial charge < -0.3 is 14.8 Å². The van der Waals surface area contributed by atoms with Gasteiger partial charge in [-0.3, -0.25) is 0 Å². The summed E-state index contributed by atoms with van der Waals surface area (Å²) in [6, 6.07) is 6.63. The molecule has 0 bridgehead atoms. The molecule has 3 nitrogen and oxygen atoms in total. The number of nitrogens with one attached hydrogen (secondary N) is 1. The van der Waals surface area contributed by atoms with E-state index in [2.05, 4.69) is 52.1 Å². The van der Waals surface area contributed by atoms with Gasteiger partial charge in [0.05, 0.1) is 13.7 Å². The molecule has 0 spiro atoms. The SMILES string of the molecule is COCc1cc(C(C)NCC(C)(C)C(C)C)ccc1OC. The minimum Gasteiger partial charge on any atom is -0.496 e. The molecule has 1 aromatic carbocycles. The maximum Gasteiger partial charge on any atom is 0.124 e. The third-order valence-corrected chi connectivity index (χ3v) is 4.53. The summed E-state index contributed by atoms with van der Waals surface area (Å²) in [5.74, 6) is 1.53. The van der Waals surface area contributed by atoms with Crippen LogP contribution in [0.4, 0.5) is 0 Å². The molecule has 1 unspecified atom stereocenters. The van der Waals surface area contributed by atoms with Gasteiger partial charge in [0.15, 0.2) is 0 Å². The largest absolute Gasteiger partial charge is 0.496 e. The summed E-state index contributed by atoms with van der Waals surface area (Å²) in [7, 11) is 3.40. The summed E-state index contributed by atoms with van der Waals surface area (Å²) in [5.41, 5.74) is 2.65. The standard InChI is InChI=1S/C18H31NO2/c1-13(2)18(4,5)12-19-14(3)15-8-9-17(21-7)16(10-15)11-20-6/h8-10,13-14,19H,11-12H2,1-7H3. The van der Waals surface area contributed by atoms with Crippen molar-refractivity contribution in [3.8, 4) is 5.75 Å². The van der Waals surface area contributed by atoms with Gasteiger partial charge in [-0.1, -0.05) is 33.8 Å². The fourth-order valence-corrected chi connectivity index (χ4v) is 2.07. The van der Waals surface area contributed by atoms with Gasteiger partial charge in [-0.05, 0) is 36.0 Å². The molecule has 0 radical (unpaired) electrons. The first-order valence-electron chi connectivity index (χ1n) is 7.71. The van der Waals surface area contributed by atoms with E-state index < -0.39 is 0 Å². The Morgan fingerprint density at radius 2 is 1.81 bits per heavy atom. The lowest BCUT2D eigenvalue weighted by atomic mass is 9.81. The van der Waals surface area contributed by atoms with Crippen LogP contribution in [0.3, 0.4) is 0 Å². The molecule has 1 N–H and O–H groups in total. The molecule has 0 aromatic heterocycles. The van der Waals surface area contributed by atoms with E-state index in [0.29, 0.717) is 18.6 Å². The van der Waals surface area contributed by atoms with Gasteiger partial charge >= 0.3 is 0 Å². The van der Waals surface area contributed by atoms with Crippen LogP contribution in [-0.2, 0) is 11.3 Å². The minimum absolute atomic E-state index is 0.288. The van der Waals surface area contributed by atoms with Crippen molar-refractivity contribution in [2.24, 2.45) is 11.3 Å². The van der Waals surface area contributed by atoms with E-state index >= 15 is 0 Å². The minimum atomic E-state index is 0.288. The van der Waals surface area contributed by atoms with Crippen LogP contribution in [0.15, 0.2) is 18.2 Å². The highest BCUT2D eigenvalue weighted by molar-refractivity contribution is 5.38. The van der Waals surface area contributed by atoms with E-state index in [1.807, 2.05) is 6.07 Å². The Hall–Kier alpha value is -1.06. The number of hydrogen-bond donors (Lipinski definition) is 1. The quantitative estimate of drug-likeness (QED) is 0.780. The van der Waals surface area contributed by atoms with Gasteiger partial charge in [-0.2, -0.15) is 0 Å². The Labute approximate surface area is 130 Å². The third kappa shape index (κ3) is 5.01. The molecule has 0 aliphatic rings. The molecule has 0 aliphatic heterocycles. The summed E-state index contributed by atoms with van der Waals surface area (Å²) >= 11 is 0. The van der Waals surface area contributed by atoms with Crippen molar-refractivity contribution in [3.63, 3.8) is 0 Å². The molecule has 1 rings (SSSR count). The highest BCUT2D eigenvalue weighted by Gasteiger charge is 2.23. The lowest BCUT2D eigenvalue weighted by molar-refractivity contribution is 0.181. The predicted octanol–water partition coefficient (Wildman–Crippen LogP) is 4.17. The second-order valence-corrected chi connectivity index (χ2v) is 6.75. The van der Waals surface area contributed by atoms with Gasteiger partial charge in [0.2, 0.25) is 0 Å². The predicted molar refractivity (Wildman–Crippen MR) is 88.7 cm³/mol. The Morgan fingerprint density at radius 3 is 2.33 bits per heavy atom. The van der Waals surface area contributed by atoms with E-state index in [4.69, 9.17) is 9.47 Å². The molecule has 0 heterocycles. The number of rotatable bonds is 8. The van der Waals surface area contributed by atoms with Crippen LogP contribution in [0.1, 0.15) is 51.8 Å². The van der Waals surface area contributed by atoms with E-state index in [1.165, 1.54) is 5.56 Å². The molecule has 0 amide bonds. The Morgan fingerprint density at radius 1 is 1.14 bits per heavy atom. The maximum atomic E-state index is 5.38. The summed E-state index contributed by atoms with van der Waals surface area (Å²) in [5, 5.41) is 3.65. The molecule has 0 fully saturated rings. The normalized spacial score (nSPS) is 13.5. The first-order valence-corrected chi connectivity index (χ1v) is 7.71. The van der Waals surface area contributed by atoms with Crippen molar-refractivity contribution in [1.29, 1.82) is 0 Å². The molecule has 0 aliphatic carbocycles.